The summed E-state index contributed by atoms with van der Waals surface area (Å²) in [6.45, 7) is 6.18. The number of hydrogen-bond acceptors (Lipinski definition) is 5. The first-order chi connectivity index (χ1) is 16.8. The highest BCUT2D eigenvalue weighted by molar-refractivity contribution is 5.63. The van der Waals surface area contributed by atoms with Gasteiger partial charge in [0.1, 0.15) is 17.1 Å². The van der Waals surface area contributed by atoms with Crippen molar-refractivity contribution in [3.63, 3.8) is 0 Å². The van der Waals surface area contributed by atoms with Crippen molar-refractivity contribution in [2.24, 2.45) is 0 Å². The molecular weight excluding hydrogens is 453 g/mol. The molecule has 1 unspecified atom stereocenters. The lowest BCUT2D eigenvalue weighted by Crippen LogP contribution is -2.12. The molecule has 2 N–H and O–H groups in total. The molecule has 0 spiro atoms. The Hall–Kier alpha value is -3.29. The highest BCUT2D eigenvalue weighted by Gasteiger charge is 2.35. The van der Waals surface area contributed by atoms with E-state index in [1.807, 2.05) is 32.0 Å². The smallest absolute Gasteiger partial charge is 0.421 e. The molecular formula is C27H33F3N4O. The number of aromatic nitrogens is 2. The first-order valence-corrected chi connectivity index (χ1v) is 12.1. The third-order valence-electron chi connectivity index (χ3n) is 5.63. The second kappa shape index (κ2) is 12.4. The van der Waals surface area contributed by atoms with Crippen molar-refractivity contribution < 1.29 is 17.9 Å². The van der Waals surface area contributed by atoms with Gasteiger partial charge in [-0.15, -0.1) is 0 Å². The number of nitrogens with one attached hydrogen (secondary N) is 2. The first kappa shape index (κ1) is 26.3. The minimum Gasteiger partial charge on any atom is -0.491 e. The Morgan fingerprint density at radius 2 is 1.71 bits per heavy atom. The standard InChI is InChI=1S/C27H33F3N4O/c1-4-6-7-8-10-20-11-9-12-22(17-20)32-25-24(27(28,29)30)18-31-26(34-25)33-21-13-15-23(16-14-21)35-19(3)5-2/h9,11-19H,4-8,10H2,1-3H3,(H2,31,32,33,34). The van der Waals surface area contributed by atoms with Crippen LogP contribution in [0.5, 0.6) is 5.75 Å². The van der Waals surface area contributed by atoms with E-state index in [1.165, 1.54) is 6.42 Å². The maximum absolute atomic E-state index is 13.7. The lowest BCUT2D eigenvalue weighted by Gasteiger charge is -2.16. The van der Waals surface area contributed by atoms with E-state index < -0.39 is 11.7 Å². The van der Waals surface area contributed by atoms with Crippen LogP contribution < -0.4 is 15.4 Å². The molecule has 8 heteroatoms. The van der Waals surface area contributed by atoms with Crippen LogP contribution in [0.3, 0.4) is 0 Å². The average Bonchev–Trinajstić information content (AvgIpc) is 2.83. The quantitative estimate of drug-likeness (QED) is 0.252. The van der Waals surface area contributed by atoms with Gasteiger partial charge in [-0.2, -0.15) is 18.2 Å². The molecule has 188 valence electrons. The number of unbranched alkanes of at least 4 members (excludes halogenated alkanes) is 3. The predicted molar refractivity (Wildman–Crippen MR) is 135 cm³/mol. The lowest BCUT2D eigenvalue weighted by atomic mass is 10.1. The molecule has 0 saturated heterocycles. The number of rotatable bonds is 12. The molecule has 0 aliphatic rings. The zero-order valence-corrected chi connectivity index (χ0v) is 20.5. The third kappa shape index (κ3) is 8.16. The average molecular weight is 487 g/mol. The molecule has 1 aromatic heterocycles. The molecule has 1 heterocycles. The van der Waals surface area contributed by atoms with E-state index >= 15 is 0 Å². The fourth-order valence-electron chi connectivity index (χ4n) is 3.50. The summed E-state index contributed by atoms with van der Waals surface area (Å²) >= 11 is 0. The van der Waals surface area contributed by atoms with Crippen molar-refractivity contribution in [2.45, 2.75) is 71.6 Å². The summed E-state index contributed by atoms with van der Waals surface area (Å²) < 4.78 is 46.7. The largest absolute Gasteiger partial charge is 0.491 e. The van der Waals surface area contributed by atoms with Crippen LogP contribution in [0, 0.1) is 0 Å². The summed E-state index contributed by atoms with van der Waals surface area (Å²) in [5, 5.41) is 5.82. The zero-order valence-electron chi connectivity index (χ0n) is 20.5. The molecule has 2 aromatic carbocycles. The minimum atomic E-state index is -4.59. The van der Waals surface area contributed by atoms with Gasteiger partial charge in [0.05, 0.1) is 6.10 Å². The second-order valence-corrected chi connectivity index (χ2v) is 8.58. The summed E-state index contributed by atoms with van der Waals surface area (Å²) in [6, 6.07) is 14.6. The Morgan fingerprint density at radius 1 is 0.943 bits per heavy atom. The fraction of sp³-hybridized carbons (Fsp3) is 0.407. The number of anilines is 4. The molecule has 3 aromatic rings. The van der Waals surface area contributed by atoms with Gasteiger partial charge in [0.15, 0.2) is 0 Å². The van der Waals surface area contributed by atoms with Crippen molar-refractivity contribution in [2.75, 3.05) is 10.6 Å². The van der Waals surface area contributed by atoms with Crippen molar-refractivity contribution in [3.05, 3.63) is 65.9 Å². The van der Waals surface area contributed by atoms with Gasteiger partial charge >= 0.3 is 6.18 Å². The van der Waals surface area contributed by atoms with E-state index in [-0.39, 0.29) is 17.9 Å². The van der Waals surface area contributed by atoms with Gasteiger partial charge in [0, 0.05) is 17.6 Å². The Balaban J connectivity index is 1.77. The number of benzene rings is 2. The summed E-state index contributed by atoms with van der Waals surface area (Å²) in [5.41, 5.74) is 1.35. The van der Waals surface area contributed by atoms with Gasteiger partial charge in [0.25, 0.3) is 0 Å². The summed E-state index contributed by atoms with van der Waals surface area (Å²) in [7, 11) is 0. The number of aryl methyl sites for hydroxylation is 1. The molecule has 1 atom stereocenters. The molecule has 0 amide bonds. The van der Waals surface area contributed by atoms with Crippen molar-refractivity contribution in [1.29, 1.82) is 0 Å². The van der Waals surface area contributed by atoms with Crippen LogP contribution in [-0.4, -0.2) is 16.1 Å². The predicted octanol–water partition coefficient (Wildman–Crippen LogP) is 8.28. The first-order valence-electron chi connectivity index (χ1n) is 12.1. The molecule has 0 aliphatic carbocycles. The SMILES string of the molecule is CCCCCCc1cccc(Nc2nc(Nc3ccc(OC(C)CC)cc3)ncc2C(F)(F)F)c1. The van der Waals surface area contributed by atoms with Gasteiger partial charge < -0.3 is 15.4 Å². The molecule has 5 nitrogen and oxygen atoms in total. The summed E-state index contributed by atoms with van der Waals surface area (Å²) in [5.74, 6) is 0.483. The van der Waals surface area contributed by atoms with Crippen LogP contribution in [0.1, 0.15) is 64.0 Å². The molecule has 3 rings (SSSR count). The van der Waals surface area contributed by atoms with Gasteiger partial charge in [0.2, 0.25) is 5.95 Å². The number of alkyl halides is 3. The molecule has 0 bridgehead atoms. The van der Waals surface area contributed by atoms with Crippen molar-refractivity contribution in [3.8, 4) is 5.75 Å². The minimum absolute atomic E-state index is 0.0619. The van der Waals surface area contributed by atoms with Crippen LogP contribution in [0.4, 0.5) is 36.3 Å². The molecule has 35 heavy (non-hydrogen) atoms. The van der Waals surface area contributed by atoms with E-state index in [1.54, 1.807) is 30.3 Å². The molecule has 0 aliphatic heterocycles. The van der Waals surface area contributed by atoms with Crippen molar-refractivity contribution >= 4 is 23.1 Å². The Morgan fingerprint density at radius 3 is 2.40 bits per heavy atom. The normalized spacial score (nSPS) is 12.3. The highest BCUT2D eigenvalue weighted by atomic mass is 19.4. The Bertz CT molecular complexity index is 1070. The van der Waals surface area contributed by atoms with Gasteiger partial charge in [-0.1, -0.05) is 45.2 Å². The summed E-state index contributed by atoms with van der Waals surface area (Å²) in [6.07, 6.45) is 2.59. The van der Waals surface area contributed by atoms with Crippen LogP contribution in [0.2, 0.25) is 0 Å². The number of halogens is 3. The lowest BCUT2D eigenvalue weighted by molar-refractivity contribution is -0.137. The maximum atomic E-state index is 13.7. The third-order valence-corrected chi connectivity index (χ3v) is 5.63. The van der Waals surface area contributed by atoms with Crippen LogP contribution in [0.15, 0.2) is 54.7 Å². The van der Waals surface area contributed by atoms with Gasteiger partial charge in [-0.05, 0) is 68.1 Å². The van der Waals surface area contributed by atoms with Gasteiger partial charge in [-0.3, -0.25) is 0 Å². The van der Waals surface area contributed by atoms with Crippen molar-refractivity contribution in [1.82, 2.24) is 9.97 Å². The van der Waals surface area contributed by atoms with Crippen LogP contribution in [-0.2, 0) is 12.6 Å². The summed E-state index contributed by atoms with van der Waals surface area (Å²) in [4.78, 5) is 8.03. The van der Waals surface area contributed by atoms with E-state index in [4.69, 9.17) is 4.74 Å². The van der Waals surface area contributed by atoms with E-state index in [9.17, 15) is 13.2 Å². The van der Waals surface area contributed by atoms with Crippen LogP contribution >= 0.6 is 0 Å². The number of hydrogen-bond donors (Lipinski definition) is 2. The maximum Gasteiger partial charge on any atom is 0.421 e. The Kier molecular flexibility index (Phi) is 9.34. The topological polar surface area (TPSA) is 59.1 Å². The molecule has 0 fully saturated rings. The number of nitrogens with zero attached hydrogens (tertiary/aromatic N) is 2. The fourth-order valence-corrected chi connectivity index (χ4v) is 3.50. The zero-order chi connectivity index (χ0) is 25.3. The van der Waals surface area contributed by atoms with E-state index in [0.29, 0.717) is 11.4 Å². The highest BCUT2D eigenvalue weighted by Crippen LogP contribution is 2.35. The molecule has 0 saturated carbocycles. The Labute approximate surface area is 205 Å². The second-order valence-electron chi connectivity index (χ2n) is 8.58. The molecule has 0 radical (unpaired) electrons. The van der Waals surface area contributed by atoms with E-state index in [2.05, 4.69) is 27.5 Å². The monoisotopic (exact) mass is 486 g/mol. The number of ether oxygens (including phenoxy) is 1. The van der Waals surface area contributed by atoms with Crippen LogP contribution in [0.25, 0.3) is 0 Å². The van der Waals surface area contributed by atoms with Gasteiger partial charge in [-0.25, -0.2) is 4.98 Å². The van der Waals surface area contributed by atoms with E-state index in [0.717, 1.165) is 49.6 Å².